The van der Waals surface area contributed by atoms with Gasteiger partial charge in [-0.2, -0.15) is 0 Å². The Hall–Kier alpha value is -1.79. The molecule has 0 fully saturated rings. The molecule has 3 amide bonds. The van der Waals surface area contributed by atoms with Gasteiger partial charge >= 0.3 is 6.03 Å². The van der Waals surface area contributed by atoms with E-state index in [1.807, 2.05) is 39.0 Å². The molecule has 0 spiro atoms. The fourth-order valence-electron chi connectivity index (χ4n) is 1.77. The molecule has 0 aliphatic rings. The van der Waals surface area contributed by atoms with Crippen LogP contribution in [-0.4, -0.2) is 30.1 Å². The van der Waals surface area contributed by atoms with Crippen molar-refractivity contribution in [3.05, 3.63) is 30.3 Å². The molecular weight excluding hydrogens is 316 g/mol. The minimum absolute atomic E-state index is 0. The molecule has 0 aromatic heterocycles. The maximum absolute atomic E-state index is 12.2. The summed E-state index contributed by atoms with van der Waals surface area (Å²) in [5, 5.41) is 8.19. The molecule has 130 valence electrons. The molecule has 0 heterocycles. The Morgan fingerprint density at radius 3 is 2.22 bits per heavy atom. The topological polar surface area (TPSA) is 96.2 Å². The average molecular weight is 343 g/mol. The number of nitrogens with two attached hydrogens (primary N) is 1. The first kappa shape index (κ1) is 21.2. The fraction of sp³-hybridized carbons (Fsp3) is 0.500. The summed E-state index contributed by atoms with van der Waals surface area (Å²) in [6.45, 7) is 7.85. The Bertz CT molecular complexity index is 510. The molecule has 7 heteroatoms. The third-order valence-electron chi connectivity index (χ3n) is 3.88. The van der Waals surface area contributed by atoms with Gasteiger partial charge < -0.3 is 21.7 Å². The molecule has 0 aliphatic carbocycles. The van der Waals surface area contributed by atoms with Crippen molar-refractivity contribution in [2.24, 2.45) is 11.7 Å². The Morgan fingerprint density at radius 1 is 1.17 bits per heavy atom. The van der Waals surface area contributed by atoms with E-state index in [2.05, 4.69) is 16.0 Å². The van der Waals surface area contributed by atoms with Gasteiger partial charge in [0, 0.05) is 12.2 Å². The van der Waals surface area contributed by atoms with E-state index in [9.17, 15) is 9.59 Å². The van der Waals surface area contributed by atoms with E-state index < -0.39 is 17.6 Å². The molecule has 6 nitrogen and oxygen atoms in total. The molecule has 23 heavy (non-hydrogen) atoms. The highest BCUT2D eigenvalue weighted by molar-refractivity contribution is 5.93. The van der Waals surface area contributed by atoms with Crippen LogP contribution in [0.5, 0.6) is 0 Å². The smallest absolute Gasteiger partial charge is 0.319 e. The first-order valence-electron chi connectivity index (χ1n) is 7.43. The molecule has 2 atom stereocenters. The number of anilines is 1. The third kappa shape index (κ3) is 6.46. The van der Waals surface area contributed by atoms with Crippen molar-refractivity contribution in [1.29, 1.82) is 0 Å². The lowest BCUT2D eigenvalue weighted by Crippen LogP contribution is -2.59. The highest BCUT2D eigenvalue weighted by Gasteiger charge is 2.30. The second kappa shape index (κ2) is 9.37. The number of urea groups is 1. The molecule has 1 rings (SSSR count). The Morgan fingerprint density at radius 2 is 1.74 bits per heavy atom. The van der Waals surface area contributed by atoms with E-state index in [4.69, 9.17) is 5.73 Å². The Kier molecular flexibility index (Phi) is 8.64. The third-order valence-corrected chi connectivity index (χ3v) is 3.88. The van der Waals surface area contributed by atoms with Gasteiger partial charge in [0.2, 0.25) is 5.91 Å². The quantitative estimate of drug-likeness (QED) is 0.637. The lowest BCUT2D eigenvalue weighted by molar-refractivity contribution is -0.124. The van der Waals surface area contributed by atoms with E-state index in [1.54, 1.807) is 19.1 Å². The van der Waals surface area contributed by atoms with Gasteiger partial charge in [0.15, 0.2) is 0 Å². The van der Waals surface area contributed by atoms with Crippen molar-refractivity contribution in [2.45, 2.75) is 39.3 Å². The molecule has 0 radical (unpaired) electrons. The van der Waals surface area contributed by atoms with Crippen LogP contribution in [0.1, 0.15) is 27.7 Å². The van der Waals surface area contributed by atoms with E-state index >= 15 is 0 Å². The van der Waals surface area contributed by atoms with E-state index in [0.29, 0.717) is 12.2 Å². The van der Waals surface area contributed by atoms with Crippen molar-refractivity contribution in [3.63, 3.8) is 0 Å². The van der Waals surface area contributed by atoms with E-state index in [0.717, 1.165) is 0 Å². The van der Waals surface area contributed by atoms with Gasteiger partial charge in [0.1, 0.15) is 6.04 Å². The van der Waals surface area contributed by atoms with Crippen molar-refractivity contribution in [1.82, 2.24) is 10.6 Å². The maximum Gasteiger partial charge on any atom is 0.319 e. The largest absolute Gasteiger partial charge is 0.348 e. The molecule has 0 bridgehead atoms. The summed E-state index contributed by atoms with van der Waals surface area (Å²) in [5.41, 5.74) is 5.92. The molecule has 1 aromatic rings. The Labute approximate surface area is 144 Å². The molecule has 0 saturated carbocycles. The number of rotatable bonds is 6. The summed E-state index contributed by atoms with van der Waals surface area (Å²) in [6, 6.07) is 7.96. The number of hydrogen-bond acceptors (Lipinski definition) is 3. The SMILES string of the molecule is CC(NC(=O)Nc1ccccc1)C(=O)NC(C)(CN)C(C)C.Cl. The second-order valence-corrected chi connectivity index (χ2v) is 5.95. The van der Waals surface area contributed by atoms with Gasteiger partial charge in [-0.05, 0) is 31.9 Å². The number of carbonyl (C=O) groups excluding carboxylic acids is 2. The van der Waals surface area contributed by atoms with Gasteiger partial charge in [-0.3, -0.25) is 4.79 Å². The highest BCUT2D eigenvalue weighted by Crippen LogP contribution is 2.14. The molecule has 0 saturated heterocycles. The fourth-order valence-corrected chi connectivity index (χ4v) is 1.77. The van der Waals surface area contributed by atoms with Crippen LogP contribution in [0.15, 0.2) is 30.3 Å². The number of para-hydroxylation sites is 1. The maximum atomic E-state index is 12.2. The van der Waals surface area contributed by atoms with Crippen LogP contribution in [0, 0.1) is 5.92 Å². The van der Waals surface area contributed by atoms with Crippen molar-refractivity contribution < 1.29 is 9.59 Å². The van der Waals surface area contributed by atoms with Crippen LogP contribution in [0.3, 0.4) is 0 Å². The number of carbonyl (C=O) groups is 2. The summed E-state index contributed by atoms with van der Waals surface area (Å²) >= 11 is 0. The minimum Gasteiger partial charge on any atom is -0.348 e. The Balaban J connectivity index is 0.00000484. The van der Waals surface area contributed by atoms with Crippen LogP contribution in [0.25, 0.3) is 0 Å². The monoisotopic (exact) mass is 342 g/mol. The predicted molar refractivity (Wildman–Crippen MR) is 95.7 cm³/mol. The first-order valence-corrected chi connectivity index (χ1v) is 7.43. The lowest BCUT2D eigenvalue weighted by atomic mass is 9.88. The van der Waals surface area contributed by atoms with Gasteiger partial charge in [0.05, 0.1) is 5.54 Å². The van der Waals surface area contributed by atoms with Crippen LogP contribution in [-0.2, 0) is 4.79 Å². The van der Waals surface area contributed by atoms with Gasteiger partial charge in [-0.1, -0.05) is 32.0 Å². The van der Waals surface area contributed by atoms with Crippen LogP contribution < -0.4 is 21.7 Å². The zero-order valence-electron chi connectivity index (χ0n) is 14.1. The number of benzene rings is 1. The van der Waals surface area contributed by atoms with Gasteiger partial charge in [-0.25, -0.2) is 4.79 Å². The van der Waals surface area contributed by atoms with Crippen molar-refractivity contribution >= 4 is 30.0 Å². The van der Waals surface area contributed by atoms with Crippen molar-refractivity contribution in [2.75, 3.05) is 11.9 Å². The lowest BCUT2D eigenvalue weighted by Gasteiger charge is -2.34. The zero-order valence-corrected chi connectivity index (χ0v) is 14.9. The van der Waals surface area contributed by atoms with Gasteiger partial charge in [-0.15, -0.1) is 12.4 Å². The first-order chi connectivity index (χ1) is 10.3. The molecular formula is C16H27ClN4O2. The number of nitrogens with one attached hydrogen (secondary N) is 3. The zero-order chi connectivity index (χ0) is 16.8. The summed E-state index contributed by atoms with van der Waals surface area (Å²) in [6.07, 6.45) is 0. The number of halogens is 1. The van der Waals surface area contributed by atoms with Gasteiger partial charge in [0.25, 0.3) is 0 Å². The molecule has 0 aliphatic heterocycles. The number of amides is 3. The number of hydrogen-bond donors (Lipinski definition) is 4. The molecule has 2 unspecified atom stereocenters. The van der Waals surface area contributed by atoms with E-state index in [-0.39, 0.29) is 24.2 Å². The molecule has 1 aromatic carbocycles. The van der Waals surface area contributed by atoms with Crippen LogP contribution in [0.4, 0.5) is 10.5 Å². The van der Waals surface area contributed by atoms with Crippen LogP contribution in [0.2, 0.25) is 0 Å². The summed E-state index contributed by atoms with van der Waals surface area (Å²) in [7, 11) is 0. The normalized spacial score (nSPS) is 14.2. The van der Waals surface area contributed by atoms with Crippen molar-refractivity contribution in [3.8, 4) is 0 Å². The average Bonchev–Trinajstić information content (AvgIpc) is 2.47. The molecule has 5 N–H and O–H groups in total. The standard InChI is InChI=1S/C16H26N4O2.ClH/c1-11(2)16(4,10-17)20-14(21)12(3)18-15(22)19-13-8-6-5-7-9-13;/h5-9,11-12H,10,17H2,1-4H3,(H,20,21)(H2,18,19,22);1H. The highest BCUT2D eigenvalue weighted by atomic mass is 35.5. The predicted octanol–water partition coefficient (Wildman–Crippen LogP) is 2.11. The van der Waals surface area contributed by atoms with Crippen LogP contribution >= 0.6 is 12.4 Å². The minimum atomic E-state index is -0.659. The summed E-state index contributed by atoms with van der Waals surface area (Å²) in [5.74, 6) is -0.0725. The summed E-state index contributed by atoms with van der Waals surface area (Å²) in [4.78, 5) is 24.1. The van der Waals surface area contributed by atoms with E-state index in [1.165, 1.54) is 0 Å². The second-order valence-electron chi connectivity index (χ2n) is 5.95. The summed E-state index contributed by atoms with van der Waals surface area (Å²) < 4.78 is 0.